The summed E-state index contributed by atoms with van der Waals surface area (Å²) in [4.78, 5) is 39.7. The number of benzene rings is 2. The number of carbonyl (C=O) groups is 1. The molecule has 0 unspecified atom stereocenters. The molecule has 1 heterocycles. The first-order chi connectivity index (χ1) is 19.0. The number of carbonyl (C=O) groups excluding carboxylic acids is 1. The van der Waals surface area contributed by atoms with Gasteiger partial charge in [0.1, 0.15) is 11.4 Å². The van der Waals surface area contributed by atoms with E-state index in [0.717, 1.165) is 55.9 Å². The van der Waals surface area contributed by atoms with Gasteiger partial charge in [0, 0.05) is 12.1 Å². The first-order valence-corrected chi connectivity index (χ1v) is 13.8. The average molecular weight is 532 g/mol. The molecule has 0 atom stereocenters. The fraction of sp³-hybridized carbons (Fsp3) is 0.419. The van der Waals surface area contributed by atoms with E-state index in [4.69, 9.17) is 4.74 Å². The van der Waals surface area contributed by atoms with Crippen molar-refractivity contribution in [2.45, 2.75) is 76.4 Å². The molecule has 8 heteroatoms. The molecular weight excluding hydrogens is 497 g/mol. The number of nitrogens with zero attached hydrogens (tertiary/aromatic N) is 2. The Morgan fingerprint density at radius 3 is 2.44 bits per heavy atom. The van der Waals surface area contributed by atoms with Crippen LogP contribution in [0.1, 0.15) is 69.4 Å². The molecule has 0 spiro atoms. The Morgan fingerprint density at radius 1 is 1.05 bits per heavy atom. The molecule has 0 aliphatic heterocycles. The standard InChI is InChI=1S/C31H34FN3O4/c1-39-30(37)24(21-11-4-2-5-12-21)17-10-18-34-29(36)25-19-26(32)27(33-22-13-6-3-7-14-22)20-28(25)35(31(34)38)23-15-8-9-16-23/h2,4-5,10-12,19-20,22-23,33H,3,6-9,13-16,18H2,1H3. The molecule has 1 aromatic heterocycles. The Kier molecular flexibility index (Phi) is 8.13. The number of nitrogens with one attached hydrogen (secondary N) is 1. The summed E-state index contributed by atoms with van der Waals surface area (Å²) in [6.45, 7) is -0.114. The van der Waals surface area contributed by atoms with Crippen molar-refractivity contribution in [3.05, 3.63) is 86.5 Å². The maximum absolute atomic E-state index is 15.3. The number of rotatable bonds is 7. The molecule has 2 fully saturated rings. The lowest BCUT2D eigenvalue weighted by Crippen LogP contribution is -2.41. The molecule has 1 N–H and O–H groups in total. The van der Waals surface area contributed by atoms with Crippen molar-refractivity contribution in [3.8, 4) is 0 Å². The summed E-state index contributed by atoms with van der Waals surface area (Å²) < 4.78 is 23.0. The largest absolute Gasteiger partial charge is 0.465 e. The van der Waals surface area contributed by atoms with E-state index >= 15 is 4.39 Å². The van der Waals surface area contributed by atoms with Crippen LogP contribution in [0.5, 0.6) is 0 Å². The van der Waals surface area contributed by atoms with Gasteiger partial charge >= 0.3 is 11.7 Å². The second-order valence-electron chi connectivity index (χ2n) is 10.4. The summed E-state index contributed by atoms with van der Waals surface area (Å²) in [5, 5.41) is 3.50. The lowest BCUT2D eigenvalue weighted by Gasteiger charge is -2.25. The zero-order chi connectivity index (χ0) is 27.4. The Labute approximate surface area is 226 Å². The molecule has 0 bridgehead atoms. The minimum Gasteiger partial charge on any atom is -0.465 e. The molecule has 0 saturated heterocycles. The monoisotopic (exact) mass is 531 g/mol. The molecule has 5 rings (SSSR count). The number of esters is 1. The van der Waals surface area contributed by atoms with E-state index in [9.17, 15) is 14.4 Å². The third-order valence-electron chi connectivity index (χ3n) is 7.88. The molecule has 2 aliphatic rings. The van der Waals surface area contributed by atoms with Gasteiger partial charge in [0.15, 0.2) is 0 Å². The fourth-order valence-corrected chi connectivity index (χ4v) is 5.86. The lowest BCUT2D eigenvalue weighted by atomic mass is 9.95. The van der Waals surface area contributed by atoms with Gasteiger partial charge in [0.05, 0.1) is 30.2 Å². The Morgan fingerprint density at radius 2 is 1.74 bits per heavy atom. The van der Waals surface area contributed by atoms with Crippen molar-refractivity contribution in [2.75, 3.05) is 12.4 Å². The van der Waals surface area contributed by atoms with Gasteiger partial charge in [-0.3, -0.25) is 13.9 Å². The number of fused-ring (bicyclic) bond motifs is 1. The van der Waals surface area contributed by atoms with Gasteiger partial charge < -0.3 is 10.1 Å². The number of aromatic nitrogens is 2. The van der Waals surface area contributed by atoms with E-state index in [1.807, 2.05) is 6.07 Å². The molecule has 3 aromatic rings. The van der Waals surface area contributed by atoms with Crippen molar-refractivity contribution >= 4 is 28.1 Å². The van der Waals surface area contributed by atoms with Gasteiger partial charge in [-0.15, -0.1) is 5.73 Å². The van der Waals surface area contributed by atoms with Crippen LogP contribution in [0, 0.1) is 5.82 Å². The summed E-state index contributed by atoms with van der Waals surface area (Å²) in [5.41, 5.74) is 3.51. The highest BCUT2D eigenvalue weighted by Crippen LogP contribution is 2.32. The van der Waals surface area contributed by atoms with Gasteiger partial charge in [-0.05, 0) is 49.5 Å². The highest BCUT2D eigenvalue weighted by molar-refractivity contribution is 6.16. The van der Waals surface area contributed by atoms with Crippen LogP contribution >= 0.6 is 0 Å². The number of methoxy groups -OCH3 is 1. The van der Waals surface area contributed by atoms with Crippen LogP contribution in [0.3, 0.4) is 0 Å². The van der Waals surface area contributed by atoms with E-state index < -0.39 is 23.0 Å². The van der Waals surface area contributed by atoms with E-state index in [2.05, 4.69) is 11.0 Å². The van der Waals surface area contributed by atoms with Gasteiger partial charge in [0.25, 0.3) is 5.56 Å². The highest BCUT2D eigenvalue weighted by atomic mass is 19.1. The first-order valence-electron chi connectivity index (χ1n) is 13.8. The van der Waals surface area contributed by atoms with Crippen LogP contribution in [0.15, 0.2) is 63.9 Å². The third-order valence-corrected chi connectivity index (χ3v) is 7.88. The number of hydrogen-bond donors (Lipinski definition) is 1. The Balaban J connectivity index is 1.60. The van der Waals surface area contributed by atoms with E-state index in [1.54, 1.807) is 34.9 Å². The van der Waals surface area contributed by atoms with Gasteiger partial charge in [-0.25, -0.2) is 14.0 Å². The number of ether oxygens (including phenoxy) is 1. The van der Waals surface area contributed by atoms with Crippen molar-refractivity contribution in [1.29, 1.82) is 0 Å². The summed E-state index contributed by atoms with van der Waals surface area (Å²) in [5.74, 6) is -1.08. The minimum atomic E-state index is -0.577. The lowest BCUT2D eigenvalue weighted by molar-refractivity contribution is -0.133. The second-order valence-corrected chi connectivity index (χ2v) is 10.4. The molecule has 2 aromatic carbocycles. The van der Waals surface area contributed by atoms with Crippen molar-refractivity contribution in [2.24, 2.45) is 0 Å². The smallest absolute Gasteiger partial charge is 0.346 e. The van der Waals surface area contributed by atoms with Crippen LogP contribution < -0.4 is 16.6 Å². The summed E-state index contributed by atoms with van der Waals surface area (Å²) >= 11 is 0. The van der Waals surface area contributed by atoms with Crippen molar-refractivity contribution < 1.29 is 13.9 Å². The van der Waals surface area contributed by atoms with Gasteiger partial charge in [-0.2, -0.15) is 0 Å². The minimum absolute atomic E-state index is 0.0608. The van der Waals surface area contributed by atoms with Gasteiger partial charge in [-0.1, -0.05) is 62.4 Å². The number of hydrogen-bond acceptors (Lipinski definition) is 5. The molecule has 0 radical (unpaired) electrons. The summed E-state index contributed by atoms with van der Waals surface area (Å²) in [6.07, 6.45) is 10.5. The topological polar surface area (TPSA) is 82.3 Å². The molecule has 7 nitrogen and oxygen atoms in total. The SMILES string of the molecule is COC(=O)C(=C=CCn1c(=O)c2cc(F)c(NC3CCCCC3)cc2n(C2CCCC2)c1=O)c1ccccc1. The van der Waals surface area contributed by atoms with E-state index in [1.165, 1.54) is 25.7 Å². The second kappa shape index (κ2) is 11.9. The van der Waals surface area contributed by atoms with E-state index in [-0.39, 0.29) is 29.6 Å². The molecular formula is C31H34FN3O4. The Bertz CT molecular complexity index is 1540. The molecule has 2 aliphatic carbocycles. The van der Waals surface area contributed by atoms with Crippen molar-refractivity contribution in [3.63, 3.8) is 0 Å². The molecule has 0 amide bonds. The molecule has 39 heavy (non-hydrogen) atoms. The number of anilines is 1. The summed E-state index contributed by atoms with van der Waals surface area (Å²) in [7, 11) is 1.28. The zero-order valence-corrected chi connectivity index (χ0v) is 22.2. The predicted molar refractivity (Wildman–Crippen MR) is 150 cm³/mol. The average Bonchev–Trinajstić information content (AvgIpc) is 3.49. The third kappa shape index (κ3) is 5.62. The maximum atomic E-state index is 15.3. The van der Waals surface area contributed by atoms with Crippen LogP contribution in [0.4, 0.5) is 10.1 Å². The summed E-state index contributed by atoms with van der Waals surface area (Å²) in [6, 6.07) is 11.9. The van der Waals surface area contributed by atoms with Crippen LogP contribution in [0.25, 0.3) is 16.5 Å². The normalized spacial score (nSPS) is 16.2. The molecule has 2 saturated carbocycles. The van der Waals surface area contributed by atoms with Crippen molar-refractivity contribution in [1.82, 2.24) is 9.13 Å². The molecule has 204 valence electrons. The van der Waals surface area contributed by atoms with Crippen LogP contribution in [-0.4, -0.2) is 28.3 Å². The van der Waals surface area contributed by atoms with Gasteiger partial charge in [0.2, 0.25) is 0 Å². The zero-order valence-electron chi connectivity index (χ0n) is 22.2. The first kappa shape index (κ1) is 26.7. The van der Waals surface area contributed by atoms with E-state index in [0.29, 0.717) is 16.8 Å². The quantitative estimate of drug-likeness (QED) is 0.245. The Hall–Kier alpha value is -3.90. The maximum Gasteiger partial charge on any atom is 0.346 e. The highest BCUT2D eigenvalue weighted by Gasteiger charge is 2.25. The predicted octanol–water partition coefficient (Wildman–Crippen LogP) is 5.57. The van der Waals surface area contributed by atoms with Crippen LogP contribution in [-0.2, 0) is 16.1 Å². The fourth-order valence-electron chi connectivity index (χ4n) is 5.86. The number of halogens is 1. The van der Waals surface area contributed by atoms with Crippen LogP contribution in [0.2, 0.25) is 0 Å².